The number of benzene rings is 3. The van der Waals surface area contributed by atoms with Gasteiger partial charge in [0.2, 0.25) is 5.91 Å². The lowest BCUT2D eigenvalue weighted by molar-refractivity contribution is -0.134. The quantitative estimate of drug-likeness (QED) is 0.486. The second kappa shape index (κ2) is 11.7. The maximum absolute atomic E-state index is 12.9. The number of nitrogens with two attached hydrogens (primary N) is 1. The smallest absolute Gasteiger partial charge is 0.239 e. The summed E-state index contributed by atoms with van der Waals surface area (Å²) < 4.78 is 5.83. The summed E-state index contributed by atoms with van der Waals surface area (Å²) in [4.78, 5) is 17.0. The molecule has 0 bridgehead atoms. The van der Waals surface area contributed by atoms with Gasteiger partial charge in [0.1, 0.15) is 12.4 Å². The maximum atomic E-state index is 12.9. The third-order valence-corrected chi connectivity index (χ3v) is 6.91. The molecule has 1 aliphatic rings. The van der Waals surface area contributed by atoms with Crippen molar-refractivity contribution in [1.82, 2.24) is 9.80 Å². The van der Waals surface area contributed by atoms with Gasteiger partial charge in [-0.15, -0.1) is 0 Å². The number of hydrogen-bond acceptors (Lipinski definition) is 4. The normalized spacial score (nSPS) is 15.2. The van der Waals surface area contributed by atoms with Crippen molar-refractivity contribution >= 4 is 29.1 Å². The standard InChI is InChI=1S/C27H29Cl2N3O2/c28-24-8-4-7-22(26(24)29)18-31-13-15-32(16-14-31)27(33)25(30)17-20-9-11-23(12-10-20)34-19-21-5-2-1-3-6-21/h1-12,25H,13-19,30H2. The topological polar surface area (TPSA) is 58.8 Å². The molecule has 2 N–H and O–H groups in total. The third kappa shape index (κ3) is 6.51. The average molecular weight is 498 g/mol. The van der Waals surface area contributed by atoms with Crippen LogP contribution in [-0.2, 0) is 24.4 Å². The third-order valence-electron chi connectivity index (χ3n) is 6.05. The van der Waals surface area contributed by atoms with E-state index in [1.807, 2.05) is 71.6 Å². The van der Waals surface area contributed by atoms with Crippen molar-refractivity contribution in [3.63, 3.8) is 0 Å². The Morgan fingerprint density at radius 1 is 0.882 bits per heavy atom. The number of nitrogens with zero attached hydrogens (tertiary/aromatic N) is 2. The van der Waals surface area contributed by atoms with Gasteiger partial charge in [0.25, 0.3) is 0 Å². The zero-order valence-electron chi connectivity index (χ0n) is 19.0. The van der Waals surface area contributed by atoms with E-state index in [4.69, 9.17) is 33.7 Å². The van der Waals surface area contributed by atoms with Crippen molar-refractivity contribution in [2.75, 3.05) is 26.2 Å². The summed E-state index contributed by atoms with van der Waals surface area (Å²) in [6.45, 7) is 4.08. The molecule has 1 heterocycles. The van der Waals surface area contributed by atoms with E-state index in [-0.39, 0.29) is 5.91 Å². The molecule has 5 nitrogen and oxygen atoms in total. The van der Waals surface area contributed by atoms with Crippen LogP contribution < -0.4 is 10.5 Å². The van der Waals surface area contributed by atoms with Gasteiger partial charge in [0.15, 0.2) is 0 Å². The van der Waals surface area contributed by atoms with E-state index in [2.05, 4.69) is 4.90 Å². The Balaban J connectivity index is 1.23. The van der Waals surface area contributed by atoms with E-state index in [0.29, 0.717) is 42.7 Å². The number of hydrogen-bond donors (Lipinski definition) is 1. The van der Waals surface area contributed by atoms with Crippen LogP contribution in [0.5, 0.6) is 5.75 Å². The molecule has 34 heavy (non-hydrogen) atoms. The predicted octanol–water partition coefficient (Wildman–Crippen LogP) is 4.79. The fourth-order valence-electron chi connectivity index (χ4n) is 4.08. The lowest BCUT2D eigenvalue weighted by Crippen LogP contribution is -2.53. The van der Waals surface area contributed by atoms with Crippen LogP contribution in [0.15, 0.2) is 72.8 Å². The molecule has 0 spiro atoms. The first-order valence-corrected chi connectivity index (χ1v) is 12.2. The molecule has 0 aromatic heterocycles. The summed E-state index contributed by atoms with van der Waals surface area (Å²) in [6, 6.07) is 23.0. The fourth-order valence-corrected chi connectivity index (χ4v) is 4.46. The Morgan fingerprint density at radius 2 is 1.59 bits per heavy atom. The van der Waals surface area contributed by atoms with Crippen LogP contribution in [0.2, 0.25) is 10.0 Å². The molecule has 1 atom stereocenters. The van der Waals surface area contributed by atoms with Gasteiger partial charge in [-0.05, 0) is 41.3 Å². The van der Waals surface area contributed by atoms with Gasteiger partial charge in [-0.25, -0.2) is 0 Å². The highest BCUT2D eigenvalue weighted by atomic mass is 35.5. The summed E-state index contributed by atoms with van der Waals surface area (Å²) in [7, 11) is 0. The molecule has 1 aliphatic heterocycles. The Hall–Kier alpha value is -2.57. The predicted molar refractivity (Wildman–Crippen MR) is 137 cm³/mol. The molecule has 3 aromatic rings. The second-order valence-corrected chi connectivity index (χ2v) is 9.33. The molecular formula is C27H29Cl2N3O2. The number of ether oxygens (including phenoxy) is 1. The number of piperazine rings is 1. The number of carbonyl (C=O) groups excluding carboxylic acids is 1. The maximum Gasteiger partial charge on any atom is 0.239 e. The Bertz CT molecular complexity index is 1080. The molecule has 178 valence electrons. The van der Waals surface area contributed by atoms with Crippen LogP contribution in [0.1, 0.15) is 16.7 Å². The van der Waals surface area contributed by atoms with E-state index in [0.717, 1.165) is 35.5 Å². The highest BCUT2D eigenvalue weighted by Crippen LogP contribution is 2.26. The van der Waals surface area contributed by atoms with Crippen molar-refractivity contribution in [1.29, 1.82) is 0 Å². The van der Waals surface area contributed by atoms with Crippen molar-refractivity contribution < 1.29 is 9.53 Å². The minimum absolute atomic E-state index is 0.00941. The van der Waals surface area contributed by atoms with Crippen molar-refractivity contribution in [2.24, 2.45) is 5.73 Å². The first-order valence-electron chi connectivity index (χ1n) is 11.4. The molecule has 7 heteroatoms. The van der Waals surface area contributed by atoms with E-state index < -0.39 is 6.04 Å². The van der Waals surface area contributed by atoms with Crippen LogP contribution in [0, 0.1) is 0 Å². The van der Waals surface area contributed by atoms with E-state index >= 15 is 0 Å². The Labute approximate surface area is 211 Å². The van der Waals surface area contributed by atoms with Gasteiger partial charge in [0, 0.05) is 32.7 Å². The largest absolute Gasteiger partial charge is 0.489 e. The van der Waals surface area contributed by atoms with Crippen LogP contribution in [0.25, 0.3) is 0 Å². The number of amides is 1. The molecule has 0 aliphatic carbocycles. The van der Waals surface area contributed by atoms with Gasteiger partial charge in [-0.2, -0.15) is 0 Å². The number of rotatable bonds is 8. The summed E-state index contributed by atoms with van der Waals surface area (Å²) in [5, 5.41) is 1.16. The lowest BCUT2D eigenvalue weighted by Gasteiger charge is -2.36. The van der Waals surface area contributed by atoms with Crippen molar-refractivity contribution in [3.05, 3.63) is 99.5 Å². The summed E-state index contributed by atoms with van der Waals surface area (Å²) in [6.07, 6.45) is 0.496. The van der Waals surface area contributed by atoms with Gasteiger partial charge < -0.3 is 15.4 Å². The van der Waals surface area contributed by atoms with Crippen molar-refractivity contribution in [3.8, 4) is 5.75 Å². The molecular weight excluding hydrogens is 469 g/mol. The average Bonchev–Trinajstić information content (AvgIpc) is 2.87. The van der Waals surface area contributed by atoms with Crippen molar-refractivity contribution in [2.45, 2.75) is 25.6 Å². The molecule has 1 unspecified atom stereocenters. The number of carbonyl (C=O) groups is 1. The molecule has 3 aromatic carbocycles. The van der Waals surface area contributed by atoms with Gasteiger partial charge in [-0.3, -0.25) is 9.69 Å². The molecule has 1 amide bonds. The second-order valence-electron chi connectivity index (χ2n) is 8.54. The van der Waals surface area contributed by atoms with Gasteiger partial charge in [0.05, 0.1) is 16.1 Å². The van der Waals surface area contributed by atoms with Crippen LogP contribution in [0.3, 0.4) is 0 Å². The van der Waals surface area contributed by atoms with Crippen LogP contribution >= 0.6 is 23.2 Å². The van der Waals surface area contributed by atoms with Crippen LogP contribution in [0.4, 0.5) is 0 Å². The highest BCUT2D eigenvalue weighted by Gasteiger charge is 2.25. The van der Waals surface area contributed by atoms with Gasteiger partial charge in [-0.1, -0.05) is 77.8 Å². The SMILES string of the molecule is NC(Cc1ccc(OCc2ccccc2)cc1)C(=O)N1CCN(Cc2cccc(Cl)c2Cl)CC1. The zero-order valence-corrected chi connectivity index (χ0v) is 20.5. The molecule has 1 saturated heterocycles. The molecule has 4 rings (SSSR count). The first-order chi connectivity index (χ1) is 16.5. The zero-order chi connectivity index (χ0) is 23.9. The van der Waals surface area contributed by atoms with E-state index in [1.54, 1.807) is 6.07 Å². The molecule has 0 saturated carbocycles. The van der Waals surface area contributed by atoms with E-state index in [9.17, 15) is 4.79 Å². The fraction of sp³-hybridized carbons (Fsp3) is 0.296. The summed E-state index contributed by atoms with van der Waals surface area (Å²) >= 11 is 12.4. The minimum Gasteiger partial charge on any atom is -0.489 e. The van der Waals surface area contributed by atoms with E-state index in [1.165, 1.54) is 0 Å². The summed E-state index contributed by atoms with van der Waals surface area (Å²) in [5.74, 6) is 0.785. The Morgan fingerprint density at radius 3 is 2.29 bits per heavy atom. The molecule has 0 radical (unpaired) electrons. The van der Waals surface area contributed by atoms with Crippen LogP contribution in [-0.4, -0.2) is 47.9 Å². The lowest BCUT2D eigenvalue weighted by atomic mass is 10.0. The minimum atomic E-state index is -0.565. The summed E-state index contributed by atoms with van der Waals surface area (Å²) in [5.41, 5.74) is 9.42. The molecule has 1 fully saturated rings. The monoisotopic (exact) mass is 497 g/mol. The number of halogens is 2. The Kier molecular flexibility index (Phi) is 8.46. The highest BCUT2D eigenvalue weighted by molar-refractivity contribution is 6.42. The first kappa shape index (κ1) is 24.6. The van der Waals surface area contributed by atoms with Gasteiger partial charge >= 0.3 is 0 Å².